The third kappa shape index (κ3) is 4.96. The minimum atomic E-state index is -0.129. The standard InChI is InChI=1S/C18H26ClN3O/c1-3-5-6-7-9-14(8-4-2)21-17-16-13(12-15(19)22-17)10-11-20-18(16)23/h10-12,14H,3-9H2,1-2H3,(H,20,23)(H,21,22). The fourth-order valence-electron chi connectivity index (χ4n) is 2.93. The molecule has 0 aromatic carbocycles. The van der Waals surface area contributed by atoms with Gasteiger partial charge < -0.3 is 10.3 Å². The lowest BCUT2D eigenvalue weighted by molar-refractivity contribution is 0.540. The Morgan fingerprint density at radius 3 is 2.78 bits per heavy atom. The Morgan fingerprint density at radius 1 is 1.22 bits per heavy atom. The van der Waals surface area contributed by atoms with Crippen molar-refractivity contribution < 1.29 is 0 Å². The van der Waals surface area contributed by atoms with Crippen LogP contribution in [0.4, 0.5) is 5.82 Å². The summed E-state index contributed by atoms with van der Waals surface area (Å²) in [4.78, 5) is 19.3. The van der Waals surface area contributed by atoms with Crippen LogP contribution in [0, 0.1) is 0 Å². The number of hydrogen-bond acceptors (Lipinski definition) is 3. The first-order valence-electron chi connectivity index (χ1n) is 8.60. The molecule has 4 nitrogen and oxygen atoms in total. The van der Waals surface area contributed by atoms with Crippen LogP contribution in [0.5, 0.6) is 0 Å². The van der Waals surface area contributed by atoms with Gasteiger partial charge in [0.1, 0.15) is 11.0 Å². The van der Waals surface area contributed by atoms with Crippen molar-refractivity contribution in [1.29, 1.82) is 0 Å². The molecule has 23 heavy (non-hydrogen) atoms. The first-order chi connectivity index (χ1) is 11.2. The molecular weight excluding hydrogens is 310 g/mol. The molecule has 2 heterocycles. The Labute approximate surface area is 142 Å². The first kappa shape index (κ1) is 17.8. The van der Waals surface area contributed by atoms with Crippen LogP contribution in [-0.4, -0.2) is 16.0 Å². The summed E-state index contributed by atoms with van der Waals surface area (Å²) >= 11 is 6.12. The second-order valence-corrected chi connectivity index (χ2v) is 6.43. The van der Waals surface area contributed by atoms with Crippen LogP contribution in [0.25, 0.3) is 10.8 Å². The second kappa shape index (κ2) is 8.92. The predicted octanol–water partition coefficient (Wildman–Crippen LogP) is 5.13. The van der Waals surface area contributed by atoms with Gasteiger partial charge >= 0.3 is 0 Å². The number of halogens is 1. The van der Waals surface area contributed by atoms with Crippen molar-refractivity contribution in [2.45, 2.75) is 64.8 Å². The van der Waals surface area contributed by atoms with Gasteiger partial charge in [-0.1, -0.05) is 57.6 Å². The number of pyridine rings is 2. The predicted molar refractivity (Wildman–Crippen MR) is 98.5 cm³/mol. The molecule has 2 aromatic heterocycles. The minimum absolute atomic E-state index is 0.129. The van der Waals surface area contributed by atoms with Crippen LogP contribution in [0.15, 0.2) is 23.1 Å². The zero-order chi connectivity index (χ0) is 16.7. The van der Waals surface area contributed by atoms with Gasteiger partial charge in [-0.25, -0.2) is 4.98 Å². The Balaban J connectivity index is 2.21. The Morgan fingerprint density at radius 2 is 2.04 bits per heavy atom. The van der Waals surface area contributed by atoms with Gasteiger partial charge in [-0.05, 0) is 30.4 Å². The molecule has 0 fully saturated rings. The van der Waals surface area contributed by atoms with Gasteiger partial charge in [0.25, 0.3) is 5.56 Å². The summed E-state index contributed by atoms with van der Waals surface area (Å²) in [5.74, 6) is 0.600. The lowest BCUT2D eigenvalue weighted by Gasteiger charge is -2.19. The number of H-pyrrole nitrogens is 1. The van der Waals surface area contributed by atoms with Crippen molar-refractivity contribution in [3.63, 3.8) is 0 Å². The van der Waals surface area contributed by atoms with Crippen molar-refractivity contribution in [1.82, 2.24) is 9.97 Å². The van der Waals surface area contributed by atoms with Gasteiger partial charge in [-0.15, -0.1) is 0 Å². The van der Waals surface area contributed by atoms with E-state index in [1.54, 1.807) is 12.3 Å². The van der Waals surface area contributed by atoms with Crippen LogP contribution in [0.2, 0.25) is 5.15 Å². The maximum absolute atomic E-state index is 12.2. The topological polar surface area (TPSA) is 57.8 Å². The van der Waals surface area contributed by atoms with Crippen LogP contribution in [0.3, 0.4) is 0 Å². The van der Waals surface area contributed by atoms with Crippen LogP contribution in [-0.2, 0) is 0 Å². The quantitative estimate of drug-likeness (QED) is 0.493. The first-order valence-corrected chi connectivity index (χ1v) is 8.98. The lowest BCUT2D eigenvalue weighted by Crippen LogP contribution is -2.21. The van der Waals surface area contributed by atoms with Crippen molar-refractivity contribution in [3.05, 3.63) is 33.8 Å². The number of aromatic amines is 1. The molecule has 0 aliphatic heterocycles. The summed E-state index contributed by atoms with van der Waals surface area (Å²) in [6.07, 6.45) is 9.85. The summed E-state index contributed by atoms with van der Waals surface area (Å²) in [6.45, 7) is 4.40. The third-order valence-corrected chi connectivity index (χ3v) is 4.30. The molecule has 2 N–H and O–H groups in total. The van der Waals surface area contributed by atoms with Gasteiger partial charge in [-0.3, -0.25) is 4.79 Å². The zero-order valence-electron chi connectivity index (χ0n) is 14.0. The average Bonchev–Trinajstić information content (AvgIpc) is 2.51. The van der Waals surface area contributed by atoms with Crippen molar-refractivity contribution in [2.75, 3.05) is 5.32 Å². The van der Waals surface area contributed by atoms with Crippen LogP contribution in [0.1, 0.15) is 58.8 Å². The fraction of sp³-hybridized carbons (Fsp3) is 0.556. The normalized spacial score (nSPS) is 12.5. The number of aromatic nitrogens is 2. The highest BCUT2D eigenvalue weighted by molar-refractivity contribution is 6.30. The van der Waals surface area contributed by atoms with Crippen LogP contribution >= 0.6 is 11.6 Å². The summed E-state index contributed by atoms with van der Waals surface area (Å²) in [6, 6.07) is 3.91. The molecule has 0 amide bonds. The van der Waals surface area contributed by atoms with Gasteiger partial charge in [-0.2, -0.15) is 0 Å². The van der Waals surface area contributed by atoms with E-state index in [0.29, 0.717) is 22.4 Å². The average molecular weight is 336 g/mol. The number of fused-ring (bicyclic) bond motifs is 1. The van der Waals surface area contributed by atoms with Gasteiger partial charge in [0.15, 0.2) is 0 Å². The van der Waals surface area contributed by atoms with Gasteiger partial charge in [0.2, 0.25) is 0 Å². The molecule has 0 radical (unpaired) electrons. The third-order valence-electron chi connectivity index (χ3n) is 4.11. The molecule has 0 aliphatic carbocycles. The highest BCUT2D eigenvalue weighted by Gasteiger charge is 2.13. The molecule has 2 rings (SSSR count). The number of nitrogens with one attached hydrogen (secondary N) is 2. The van der Waals surface area contributed by atoms with E-state index in [2.05, 4.69) is 29.1 Å². The Kier molecular flexibility index (Phi) is 6.90. The number of rotatable bonds is 9. The molecule has 0 aliphatic rings. The van der Waals surface area contributed by atoms with Gasteiger partial charge in [0.05, 0.1) is 5.39 Å². The highest BCUT2D eigenvalue weighted by atomic mass is 35.5. The molecule has 5 heteroatoms. The SMILES string of the molecule is CCCCCCC(CCC)Nc1nc(Cl)cc2cc[nH]c(=O)c12. The molecule has 126 valence electrons. The van der Waals surface area contributed by atoms with Gasteiger partial charge in [0, 0.05) is 12.2 Å². The van der Waals surface area contributed by atoms with E-state index in [0.717, 1.165) is 24.6 Å². The Hall–Kier alpha value is -1.55. The maximum Gasteiger partial charge on any atom is 0.259 e. The van der Waals surface area contributed by atoms with E-state index in [1.165, 1.54) is 25.7 Å². The lowest BCUT2D eigenvalue weighted by atomic mass is 10.0. The van der Waals surface area contributed by atoms with E-state index >= 15 is 0 Å². The largest absolute Gasteiger partial charge is 0.367 e. The number of anilines is 1. The van der Waals surface area contributed by atoms with E-state index in [1.807, 2.05) is 6.07 Å². The molecule has 0 spiro atoms. The molecule has 0 saturated heterocycles. The van der Waals surface area contributed by atoms with Crippen molar-refractivity contribution >= 4 is 28.2 Å². The molecular formula is C18H26ClN3O. The number of hydrogen-bond donors (Lipinski definition) is 2. The number of unbranched alkanes of at least 4 members (excludes halogenated alkanes) is 3. The highest BCUT2D eigenvalue weighted by Crippen LogP contribution is 2.24. The number of nitrogens with zero attached hydrogens (tertiary/aromatic N) is 1. The molecule has 0 saturated carbocycles. The summed E-state index contributed by atoms with van der Waals surface area (Å²) in [7, 11) is 0. The minimum Gasteiger partial charge on any atom is -0.367 e. The van der Waals surface area contributed by atoms with E-state index in [-0.39, 0.29) is 5.56 Å². The van der Waals surface area contributed by atoms with E-state index in [9.17, 15) is 4.79 Å². The maximum atomic E-state index is 12.2. The zero-order valence-corrected chi connectivity index (χ0v) is 14.7. The molecule has 1 unspecified atom stereocenters. The summed E-state index contributed by atoms with van der Waals surface area (Å²) < 4.78 is 0. The van der Waals surface area contributed by atoms with Crippen molar-refractivity contribution in [3.8, 4) is 0 Å². The summed E-state index contributed by atoms with van der Waals surface area (Å²) in [5, 5.41) is 5.28. The molecule has 2 aromatic rings. The van der Waals surface area contributed by atoms with Crippen LogP contribution < -0.4 is 10.9 Å². The monoisotopic (exact) mass is 335 g/mol. The summed E-state index contributed by atoms with van der Waals surface area (Å²) in [5.41, 5.74) is -0.129. The molecule has 1 atom stereocenters. The van der Waals surface area contributed by atoms with E-state index < -0.39 is 0 Å². The molecule has 0 bridgehead atoms. The smallest absolute Gasteiger partial charge is 0.259 e. The fourth-order valence-corrected chi connectivity index (χ4v) is 3.14. The van der Waals surface area contributed by atoms with Crippen molar-refractivity contribution in [2.24, 2.45) is 0 Å². The Bertz CT molecular complexity index is 684. The second-order valence-electron chi connectivity index (χ2n) is 6.04. The van der Waals surface area contributed by atoms with E-state index in [4.69, 9.17) is 11.6 Å².